The largest absolute Gasteiger partial charge is 0.323 e. The highest BCUT2D eigenvalue weighted by Crippen LogP contribution is 2.48. The van der Waals surface area contributed by atoms with Crippen molar-refractivity contribution in [1.29, 1.82) is 0 Å². The number of fused-ring (bicyclic) bond motifs is 2. The first-order chi connectivity index (χ1) is 10.2. The molecule has 0 fully saturated rings. The molecule has 0 radical (unpaired) electrons. The molecule has 2 N–H and O–H groups in total. The van der Waals surface area contributed by atoms with Crippen LogP contribution in [0.4, 0.5) is 5.69 Å². The maximum atomic E-state index is 12.3. The summed E-state index contributed by atoms with van der Waals surface area (Å²) in [6.07, 6.45) is 0. The van der Waals surface area contributed by atoms with Crippen molar-refractivity contribution in [3.63, 3.8) is 0 Å². The van der Waals surface area contributed by atoms with E-state index in [1.54, 1.807) is 0 Å². The zero-order chi connectivity index (χ0) is 14.4. The lowest BCUT2D eigenvalue weighted by Gasteiger charge is -2.19. The Labute approximate surface area is 130 Å². The normalized spacial score (nSPS) is 22.7. The van der Waals surface area contributed by atoms with Gasteiger partial charge in [-0.15, -0.1) is 0 Å². The lowest BCUT2D eigenvalue weighted by Crippen LogP contribution is -2.39. The number of thioether (sulfide) groups is 1. The van der Waals surface area contributed by atoms with E-state index >= 15 is 0 Å². The molecule has 2 aromatic rings. The Bertz CT molecular complexity index is 778. The Morgan fingerprint density at radius 1 is 1.10 bits per heavy atom. The van der Waals surface area contributed by atoms with Gasteiger partial charge in [-0.2, -0.15) is 5.10 Å². The number of nitrogens with one attached hydrogen (secondary N) is 2. The maximum absolute atomic E-state index is 12.3. The fraction of sp³-hybridized carbons (Fsp3) is 0.0667. The standard InChI is InChI=1S/C15H10ClN3OS/c16-14-18-19-15(21-14)11-8-10(9-4-2-1-3-5-9)6-7-12(11)17-13(15)20/h1-8,19H,(H,17,20). The van der Waals surface area contributed by atoms with Crippen molar-refractivity contribution in [2.24, 2.45) is 5.10 Å². The molecule has 0 bridgehead atoms. The number of amides is 1. The van der Waals surface area contributed by atoms with Gasteiger partial charge < -0.3 is 5.32 Å². The zero-order valence-electron chi connectivity index (χ0n) is 10.8. The van der Waals surface area contributed by atoms with Crippen LogP contribution in [0, 0.1) is 0 Å². The lowest BCUT2D eigenvalue weighted by atomic mass is 10.00. The molecule has 104 valence electrons. The van der Waals surface area contributed by atoms with Crippen molar-refractivity contribution in [1.82, 2.24) is 5.43 Å². The Kier molecular flexibility index (Phi) is 2.74. The van der Waals surface area contributed by atoms with Gasteiger partial charge >= 0.3 is 0 Å². The minimum atomic E-state index is -0.947. The molecule has 1 amide bonds. The highest BCUT2D eigenvalue weighted by atomic mass is 35.5. The highest BCUT2D eigenvalue weighted by Gasteiger charge is 2.51. The smallest absolute Gasteiger partial charge is 0.267 e. The molecule has 0 saturated heterocycles. The molecule has 2 aliphatic heterocycles. The second-order valence-electron chi connectivity index (χ2n) is 4.84. The molecule has 1 unspecified atom stereocenters. The summed E-state index contributed by atoms with van der Waals surface area (Å²) in [6, 6.07) is 16.0. The van der Waals surface area contributed by atoms with Crippen LogP contribution >= 0.6 is 23.4 Å². The Hall–Kier alpha value is -1.98. The number of hydrogen-bond donors (Lipinski definition) is 2. The number of rotatable bonds is 1. The monoisotopic (exact) mass is 315 g/mol. The van der Waals surface area contributed by atoms with Crippen LogP contribution in [0.25, 0.3) is 11.1 Å². The van der Waals surface area contributed by atoms with E-state index in [0.29, 0.717) is 4.50 Å². The third kappa shape index (κ3) is 1.85. The van der Waals surface area contributed by atoms with Crippen LogP contribution in [-0.2, 0) is 9.67 Å². The highest BCUT2D eigenvalue weighted by molar-refractivity contribution is 8.18. The van der Waals surface area contributed by atoms with Crippen molar-refractivity contribution in [3.8, 4) is 11.1 Å². The molecular weight excluding hydrogens is 306 g/mol. The lowest BCUT2D eigenvalue weighted by molar-refractivity contribution is -0.118. The number of carbonyl (C=O) groups excluding carboxylic acids is 1. The summed E-state index contributed by atoms with van der Waals surface area (Å²) in [5, 5.41) is 6.83. The first-order valence-electron chi connectivity index (χ1n) is 6.40. The molecule has 1 atom stereocenters. The van der Waals surface area contributed by atoms with Crippen molar-refractivity contribution in [2.75, 3.05) is 5.32 Å². The molecule has 0 aliphatic carbocycles. The Balaban J connectivity index is 1.84. The summed E-state index contributed by atoms with van der Waals surface area (Å²) in [7, 11) is 0. The van der Waals surface area contributed by atoms with E-state index in [1.807, 2.05) is 48.5 Å². The van der Waals surface area contributed by atoms with Gasteiger partial charge in [-0.25, -0.2) is 0 Å². The van der Waals surface area contributed by atoms with E-state index in [-0.39, 0.29) is 5.91 Å². The van der Waals surface area contributed by atoms with E-state index in [1.165, 1.54) is 11.8 Å². The summed E-state index contributed by atoms with van der Waals surface area (Å²) in [5.74, 6) is -0.146. The molecular formula is C15H10ClN3OS. The summed E-state index contributed by atoms with van der Waals surface area (Å²) in [6.45, 7) is 0. The number of benzene rings is 2. The minimum absolute atomic E-state index is 0.146. The summed E-state index contributed by atoms with van der Waals surface area (Å²) < 4.78 is 0.336. The number of carbonyl (C=O) groups is 1. The summed E-state index contributed by atoms with van der Waals surface area (Å²) in [5.41, 5.74) is 6.68. The number of anilines is 1. The molecule has 4 nitrogen and oxygen atoms in total. The molecule has 2 aromatic carbocycles. The predicted molar refractivity (Wildman–Crippen MR) is 86.2 cm³/mol. The van der Waals surface area contributed by atoms with Gasteiger partial charge in [0.1, 0.15) is 0 Å². The van der Waals surface area contributed by atoms with E-state index < -0.39 is 4.87 Å². The average molecular weight is 316 g/mol. The molecule has 1 spiro atoms. The number of halogens is 1. The molecule has 4 rings (SSSR count). The third-order valence-corrected chi connectivity index (χ3v) is 4.99. The van der Waals surface area contributed by atoms with Crippen LogP contribution in [-0.4, -0.2) is 10.4 Å². The molecule has 0 aromatic heterocycles. The van der Waals surface area contributed by atoms with Gasteiger partial charge in [-0.05, 0) is 35.0 Å². The van der Waals surface area contributed by atoms with Crippen molar-refractivity contribution < 1.29 is 4.79 Å². The quantitative estimate of drug-likeness (QED) is 0.849. The van der Waals surface area contributed by atoms with Crippen LogP contribution in [0.15, 0.2) is 53.6 Å². The van der Waals surface area contributed by atoms with E-state index in [0.717, 1.165) is 22.4 Å². The SMILES string of the molecule is O=C1Nc2ccc(-c3ccccc3)cc2C12NN=C(Cl)S2. The molecule has 0 saturated carbocycles. The number of hydrogen-bond acceptors (Lipinski definition) is 4. The van der Waals surface area contributed by atoms with Crippen molar-refractivity contribution >= 4 is 39.5 Å². The van der Waals surface area contributed by atoms with Gasteiger partial charge in [0.05, 0.1) is 0 Å². The molecule has 2 heterocycles. The van der Waals surface area contributed by atoms with Crippen LogP contribution in [0.1, 0.15) is 5.56 Å². The van der Waals surface area contributed by atoms with Gasteiger partial charge in [-0.1, -0.05) is 48.0 Å². The zero-order valence-corrected chi connectivity index (χ0v) is 12.3. The molecule has 6 heteroatoms. The average Bonchev–Trinajstić information content (AvgIpc) is 3.03. The first kappa shape index (κ1) is 12.7. The minimum Gasteiger partial charge on any atom is -0.323 e. The van der Waals surface area contributed by atoms with E-state index in [9.17, 15) is 4.79 Å². The van der Waals surface area contributed by atoms with Gasteiger partial charge in [0, 0.05) is 11.3 Å². The van der Waals surface area contributed by atoms with Gasteiger partial charge in [0.15, 0.2) is 4.50 Å². The fourth-order valence-electron chi connectivity index (χ4n) is 2.59. The van der Waals surface area contributed by atoms with Crippen molar-refractivity contribution in [2.45, 2.75) is 4.87 Å². The van der Waals surface area contributed by atoms with Gasteiger partial charge in [0.25, 0.3) is 5.91 Å². The van der Waals surface area contributed by atoms with E-state index in [4.69, 9.17) is 11.6 Å². The van der Waals surface area contributed by atoms with E-state index in [2.05, 4.69) is 15.8 Å². The van der Waals surface area contributed by atoms with Crippen LogP contribution in [0.2, 0.25) is 0 Å². The van der Waals surface area contributed by atoms with Crippen LogP contribution in [0.5, 0.6) is 0 Å². The van der Waals surface area contributed by atoms with Gasteiger partial charge in [-0.3, -0.25) is 10.2 Å². The maximum Gasteiger partial charge on any atom is 0.267 e. The molecule has 2 aliphatic rings. The van der Waals surface area contributed by atoms with Crippen LogP contribution in [0.3, 0.4) is 0 Å². The first-order valence-corrected chi connectivity index (χ1v) is 7.59. The molecule has 21 heavy (non-hydrogen) atoms. The fourth-order valence-corrected chi connectivity index (χ4v) is 3.84. The van der Waals surface area contributed by atoms with Gasteiger partial charge in [0.2, 0.25) is 4.87 Å². The summed E-state index contributed by atoms with van der Waals surface area (Å²) in [4.78, 5) is 11.4. The number of nitrogens with zero attached hydrogens (tertiary/aromatic N) is 1. The van der Waals surface area contributed by atoms with Crippen LogP contribution < -0.4 is 10.7 Å². The third-order valence-electron chi connectivity index (χ3n) is 3.61. The Morgan fingerprint density at radius 3 is 2.62 bits per heavy atom. The summed E-state index contributed by atoms with van der Waals surface area (Å²) >= 11 is 7.16. The predicted octanol–water partition coefficient (Wildman–Crippen LogP) is 3.30. The second-order valence-corrected chi connectivity index (χ2v) is 6.63. The van der Waals surface area contributed by atoms with Crippen molar-refractivity contribution in [3.05, 3.63) is 54.1 Å². The Morgan fingerprint density at radius 2 is 1.90 bits per heavy atom. The number of hydrazone groups is 1. The topological polar surface area (TPSA) is 53.5 Å². The second kappa shape index (κ2) is 4.51.